The van der Waals surface area contributed by atoms with E-state index in [2.05, 4.69) is 0 Å². The van der Waals surface area contributed by atoms with E-state index < -0.39 is 0 Å². The Hall–Kier alpha value is -0.0800. The van der Waals surface area contributed by atoms with Crippen molar-refractivity contribution in [1.82, 2.24) is 0 Å². The predicted octanol–water partition coefficient (Wildman–Crippen LogP) is 1.31. The van der Waals surface area contributed by atoms with Crippen LogP contribution in [0.4, 0.5) is 0 Å². The van der Waals surface area contributed by atoms with Crippen molar-refractivity contribution in [2.75, 3.05) is 13.2 Å². The normalized spacial score (nSPS) is 17.4. The van der Waals surface area contributed by atoms with Crippen LogP contribution in [0.15, 0.2) is 0 Å². The Labute approximate surface area is 62.9 Å². The smallest absolute Gasteiger partial charge is 0.0662 e. The number of aliphatic hydroxyl groups excluding tert-OH is 2. The topological polar surface area (TPSA) is 40.5 Å². The summed E-state index contributed by atoms with van der Waals surface area (Å²) in [5.41, 5.74) is 0. The van der Waals surface area contributed by atoms with Crippen molar-refractivity contribution in [3.05, 3.63) is 0 Å². The van der Waals surface area contributed by atoms with Crippen LogP contribution in [0, 0.1) is 0 Å². The molecule has 0 aromatic heterocycles. The molecule has 0 bridgehead atoms. The van der Waals surface area contributed by atoms with E-state index >= 15 is 0 Å². The molecule has 0 unspecified atom stereocenters. The van der Waals surface area contributed by atoms with E-state index in [4.69, 9.17) is 10.2 Å². The Morgan fingerprint density at radius 1 is 0.600 bits per heavy atom. The second-order valence-corrected chi connectivity index (χ2v) is 2.57. The van der Waals surface area contributed by atoms with Gasteiger partial charge in [-0.1, -0.05) is 38.5 Å². The fourth-order valence-corrected chi connectivity index (χ4v) is 1.06. The quantitative estimate of drug-likeness (QED) is 0.585. The highest BCUT2D eigenvalue weighted by molar-refractivity contribution is 4.51. The van der Waals surface area contributed by atoms with E-state index in [9.17, 15) is 0 Å². The van der Waals surface area contributed by atoms with Crippen LogP contribution in [0.1, 0.15) is 38.5 Å². The molecule has 2 nitrogen and oxygen atoms in total. The summed E-state index contributed by atoms with van der Waals surface area (Å²) in [6, 6.07) is 0. The summed E-state index contributed by atoms with van der Waals surface area (Å²) >= 11 is 0. The summed E-state index contributed by atoms with van der Waals surface area (Å²) in [6.45, 7) is -0.250. The van der Waals surface area contributed by atoms with Gasteiger partial charge in [0.15, 0.2) is 0 Å². The van der Waals surface area contributed by atoms with Gasteiger partial charge < -0.3 is 10.2 Å². The number of hydrogen-bond donors (Lipinski definition) is 2. The van der Waals surface area contributed by atoms with Crippen molar-refractivity contribution in [3.8, 4) is 0 Å². The van der Waals surface area contributed by atoms with Gasteiger partial charge in [0, 0.05) is 0 Å². The molecule has 0 spiro atoms. The Morgan fingerprint density at radius 3 is 0.900 bits per heavy atom. The van der Waals surface area contributed by atoms with Crippen molar-refractivity contribution in [1.29, 1.82) is 0 Å². The van der Waals surface area contributed by atoms with E-state index in [-0.39, 0.29) is 13.2 Å². The lowest BCUT2D eigenvalue weighted by molar-refractivity contribution is 0.186. The highest BCUT2D eigenvalue weighted by Crippen LogP contribution is 2.15. The maximum absolute atomic E-state index is 7.62. The molecule has 1 rings (SSSR count). The molecular formula is C8H18O2. The van der Waals surface area contributed by atoms with E-state index in [0.29, 0.717) is 0 Å². The van der Waals surface area contributed by atoms with Crippen LogP contribution >= 0.6 is 0 Å². The lowest BCUT2D eigenvalue weighted by Crippen LogP contribution is -1.85. The second kappa shape index (κ2) is 8.92. The zero-order valence-corrected chi connectivity index (χ0v) is 6.55. The Balaban J connectivity index is 0.000000180. The zero-order valence-electron chi connectivity index (χ0n) is 6.55. The van der Waals surface area contributed by atoms with Crippen LogP contribution in [0.25, 0.3) is 0 Å². The molecule has 1 saturated carbocycles. The summed E-state index contributed by atoms with van der Waals surface area (Å²) in [7, 11) is 0. The van der Waals surface area contributed by atoms with Crippen LogP contribution in [-0.4, -0.2) is 23.4 Å². The largest absolute Gasteiger partial charge is 0.394 e. The first-order valence-corrected chi connectivity index (χ1v) is 4.13. The Bertz CT molecular complexity index is 37.7. The molecule has 62 valence electrons. The third-order valence-corrected chi connectivity index (χ3v) is 1.60. The minimum atomic E-state index is -0.125. The van der Waals surface area contributed by atoms with Gasteiger partial charge >= 0.3 is 0 Å². The van der Waals surface area contributed by atoms with Gasteiger partial charge in [0.1, 0.15) is 0 Å². The van der Waals surface area contributed by atoms with E-state index in [1.54, 1.807) is 0 Å². The molecule has 1 aliphatic rings. The molecular weight excluding hydrogens is 128 g/mol. The monoisotopic (exact) mass is 146 g/mol. The summed E-state index contributed by atoms with van der Waals surface area (Å²) in [6.07, 6.45) is 9.00. The molecule has 2 heteroatoms. The third-order valence-electron chi connectivity index (χ3n) is 1.60. The van der Waals surface area contributed by atoms with Gasteiger partial charge in [-0.05, 0) is 0 Å². The second-order valence-electron chi connectivity index (χ2n) is 2.57. The van der Waals surface area contributed by atoms with Gasteiger partial charge in [-0.3, -0.25) is 0 Å². The molecule has 10 heavy (non-hydrogen) atoms. The van der Waals surface area contributed by atoms with E-state index in [1.165, 1.54) is 38.5 Å². The first-order valence-electron chi connectivity index (χ1n) is 4.13. The maximum atomic E-state index is 7.62. The van der Waals surface area contributed by atoms with Crippen LogP contribution in [0.2, 0.25) is 0 Å². The Kier molecular flexibility index (Phi) is 8.85. The SMILES string of the molecule is C1CCCCC1.OCCO. The van der Waals surface area contributed by atoms with Gasteiger partial charge in [0.05, 0.1) is 13.2 Å². The minimum absolute atomic E-state index is 0.125. The molecule has 2 N–H and O–H groups in total. The average Bonchev–Trinajstić information content (AvgIpc) is 2.08. The van der Waals surface area contributed by atoms with Gasteiger partial charge in [0.25, 0.3) is 0 Å². The highest BCUT2D eigenvalue weighted by atomic mass is 16.3. The summed E-state index contributed by atoms with van der Waals surface area (Å²) < 4.78 is 0. The lowest BCUT2D eigenvalue weighted by Gasteiger charge is -2.05. The first-order chi connectivity index (χ1) is 4.91. The van der Waals surface area contributed by atoms with Crippen LogP contribution < -0.4 is 0 Å². The summed E-state index contributed by atoms with van der Waals surface area (Å²) in [4.78, 5) is 0. The minimum Gasteiger partial charge on any atom is -0.394 e. The molecule has 0 aromatic rings. The average molecular weight is 146 g/mol. The Morgan fingerprint density at radius 2 is 0.800 bits per heavy atom. The summed E-state index contributed by atoms with van der Waals surface area (Å²) in [5.74, 6) is 0. The standard InChI is InChI=1S/C6H12.C2H6O2/c1-2-4-6-5-3-1;3-1-2-4/h1-6H2;3-4H,1-2H2. The van der Waals surface area contributed by atoms with Gasteiger partial charge in [-0.25, -0.2) is 0 Å². The molecule has 1 aliphatic carbocycles. The van der Waals surface area contributed by atoms with Crippen molar-refractivity contribution in [3.63, 3.8) is 0 Å². The number of hydrogen-bond acceptors (Lipinski definition) is 2. The molecule has 0 amide bonds. The van der Waals surface area contributed by atoms with E-state index in [0.717, 1.165) is 0 Å². The molecule has 1 fully saturated rings. The van der Waals surface area contributed by atoms with Crippen LogP contribution in [0.3, 0.4) is 0 Å². The molecule has 0 atom stereocenters. The van der Waals surface area contributed by atoms with Crippen molar-refractivity contribution in [2.24, 2.45) is 0 Å². The molecule has 0 aromatic carbocycles. The molecule has 0 saturated heterocycles. The fraction of sp³-hybridized carbons (Fsp3) is 1.00. The van der Waals surface area contributed by atoms with Gasteiger partial charge in [-0.2, -0.15) is 0 Å². The van der Waals surface area contributed by atoms with Gasteiger partial charge in [-0.15, -0.1) is 0 Å². The van der Waals surface area contributed by atoms with E-state index in [1.807, 2.05) is 0 Å². The van der Waals surface area contributed by atoms with Crippen LogP contribution in [0.5, 0.6) is 0 Å². The first kappa shape index (κ1) is 9.92. The third kappa shape index (κ3) is 7.92. The summed E-state index contributed by atoms with van der Waals surface area (Å²) in [5, 5.41) is 15.2. The molecule has 0 radical (unpaired) electrons. The van der Waals surface area contributed by atoms with Crippen molar-refractivity contribution >= 4 is 0 Å². The lowest BCUT2D eigenvalue weighted by atomic mass is 10.0. The number of rotatable bonds is 1. The highest BCUT2D eigenvalue weighted by Gasteiger charge is 1.95. The fourth-order valence-electron chi connectivity index (χ4n) is 1.06. The molecule has 0 aliphatic heterocycles. The van der Waals surface area contributed by atoms with Crippen molar-refractivity contribution < 1.29 is 10.2 Å². The maximum Gasteiger partial charge on any atom is 0.0662 e. The zero-order chi connectivity index (χ0) is 7.66. The molecule has 0 heterocycles. The predicted molar refractivity (Wildman–Crippen MR) is 41.9 cm³/mol. The van der Waals surface area contributed by atoms with Gasteiger partial charge in [0.2, 0.25) is 0 Å². The van der Waals surface area contributed by atoms with Crippen LogP contribution in [-0.2, 0) is 0 Å². The number of aliphatic hydroxyl groups is 2. The van der Waals surface area contributed by atoms with Crippen molar-refractivity contribution in [2.45, 2.75) is 38.5 Å².